The molecule has 1 aromatic rings. The molecule has 0 aliphatic carbocycles. The highest BCUT2D eigenvalue weighted by Crippen LogP contribution is 1.88. The third kappa shape index (κ3) is 3.86. The number of nitrogens with two attached hydrogens (primary N) is 1. The van der Waals surface area contributed by atoms with Crippen LogP contribution in [0.4, 0.5) is 0 Å². The van der Waals surface area contributed by atoms with E-state index in [9.17, 15) is 9.59 Å². The molecule has 0 aliphatic heterocycles. The van der Waals surface area contributed by atoms with E-state index in [2.05, 4.69) is 27.7 Å². The first-order chi connectivity index (χ1) is 7.09. The molecule has 15 heavy (non-hydrogen) atoms. The second-order valence-electron chi connectivity index (χ2n) is 2.78. The summed E-state index contributed by atoms with van der Waals surface area (Å²) in [5.74, 6) is -0.373. The van der Waals surface area contributed by atoms with Gasteiger partial charge in [-0.3, -0.25) is 9.59 Å². The summed E-state index contributed by atoms with van der Waals surface area (Å²) in [6.07, 6.45) is 0.435. The number of aromatic amines is 1. The van der Waals surface area contributed by atoms with E-state index in [0.717, 1.165) is 0 Å². The summed E-state index contributed by atoms with van der Waals surface area (Å²) < 4.78 is 0. The molecular weight excluding hydrogens is 216 g/mol. The fourth-order valence-electron chi connectivity index (χ4n) is 0.861. The second kappa shape index (κ2) is 5.20. The van der Waals surface area contributed by atoms with Gasteiger partial charge in [0.1, 0.15) is 5.69 Å². The zero-order valence-corrected chi connectivity index (χ0v) is 8.63. The van der Waals surface area contributed by atoms with Crippen LogP contribution in [0.15, 0.2) is 16.9 Å². The molecule has 0 fully saturated rings. The van der Waals surface area contributed by atoms with Crippen molar-refractivity contribution in [1.29, 1.82) is 0 Å². The number of hydrogen-bond acceptors (Lipinski definition) is 4. The summed E-state index contributed by atoms with van der Waals surface area (Å²) >= 11 is 4.64. The van der Waals surface area contributed by atoms with Gasteiger partial charge in [0.25, 0.3) is 11.5 Å². The summed E-state index contributed by atoms with van der Waals surface area (Å²) in [5, 5.41) is 8.28. The molecule has 0 radical (unpaired) electrons. The van der Waals surface area contributed by atoms with Crippen molar-refractivity contribution in [3.05, 3.63) is 28.2 Å². The molecular formula is C8H10N4O2S. The summed E-state index contributed by atoms with van der Waals surface area (Å²) in [6, 6.07) is 2.57. The highest BCUT2D eigenvalue weighted by atomic mass is 32.1. The fourth-order valence-corrected chi connectivity index (χ4v) is 0.963. The van der Waals surface area contributed by atoms with Crippen LogP contribution >= 0.6 is 12.2 Å². The number of hydrogen-bond donors (Lipinski definition) is 3. The van der Waals surface area contributed by atoms with Crippen LogP contribution in [0.2, 0.25) is 0 Å². The van der Waals surface area contributed by atoms with Gasteiger partial charge in [-0.1, -0.05) is 12.2 Å². The van der Waals surface area contributed by atoms with Crippen LogP contribution in [0.5, 0.6) is 0 Å². The monoisotopic (exact) mass is 226 g/mol. The number of carbonyl (C=O) groups is 1. The van der Waals surface area contributed by atoms with Crippen molar-refractivity contribution in [2.45, 2.75) is 6.42 Å². The Balaban J connectivity index is 2.50. The number of thiocarbonyl (C=S) groups is 1. The molecule has 0 bridgehead atoms. The first kappa shape index (κ1) is 11.3. The molecule has 0 aliphatic rings. The summed E-state index contributed by atoms with van der Waals surface area (Å²) in [4.78, 5) is 22.4. The summed E-state index contributed by atoms with van der Waals surface area (Å²) in [7, 11) is 0. The van der Waals surface area contributed by atoms with Gasteiger partial charge in [-0.15, -0.1) is 0 Å². The maximum absolute atomic E-state index is 11.4. The van der Waals surface area contributed by atoms with E-state index in [1.807, 2.05) is 0 Å². The van der Waals surface area contributed by atoms with Gasteiger partial charge in [-0.25, -0.2) is 5.10 Å². The molecule has 1 rings (SSSR count). The van der Waals surface area contributed by atoms with Crippen LogP contribution in [0, 0.1) is 0 Å². The summed E-state index contributed by atoms with van der Waals surface area (Å²) in [6.45, 7) is 0.356. The quantitative estimate of drug-likeness (QED) is 0.582. The van der Waals surface area contributed by atoms with Crippen molar-refractivity contribution in [3.8, 4) is 0 Å². The largest absolute Gasteiger partial charge is 0.393 e. The van der Waals surface area contributed by atoms with E-state index in [0.29, 0.717) is 18.0 Å². The van der Waals surface area contributed by atoms with Gasteiger partial charge in [-0.2, -0.15) is 5.10 Å². The lowest BCUT2D eigenvalue weighted by Crippen LogP contribution is -2.28. The third-order valence-electron chi connectivity index (χ3n) is 1.57. The van der Waals surface area contributed by atoms with Crippen LogP contribution < -0.4 is 16.6 Å². The van der Waals surface area contributed by atoms with Crippen molar-refractivity contribution in [1.82, 2.24) is 15.5 Å². The number of nitrogens with one attached hydrogen (secondary N) is 2. The predicted octanol–water partition coefficient (Wildman–Crippen LogP) is -0.824. The van der Waals surface area contributed by atoms with E-state index >= 15 is 0 Å². The highest BCUT2D eigenvalue weighted by molar-refractivity contribution is 7.80. The predicted molar refractivity (Wildman–Crippen MR) is 58.6 cm³/mol. The molecule has 1 amide bonds. The number of carbonyl (C=O) groups excluding carboxylic acids is 1. The molecule has 80 valence electrons. The zero-order chi connectivity index (χ0) is 11.3. The van der Waals surface area contributed by atoms with Crippen molar-refractivity contribution < 1.29 is 4.79 Å². The normalized spacial score (nSPS) is 9.60. The standard InChI is InChI=1S/C8H10N4O2S/c9-6(15)3-4-10-8(14)5-1-2-7(13)12-11-5/h1-2H,3-4H2,(H2,9,15)(H,10,14)(H,12,13). The lowest BCUT2D eigenvalue weighted by atomic mass is 10.3. The molecule has 4 N–H and O–H groups in total. The van der Waals surface area contributed by atoms with E-state index in [1.54, 1.807) is 0 Å². The van der Waals surface area contributed by atoms with E-state index in [1.165, 1.54) is 12.1 Å². The van der Waals surface area contributed by atoms with Gasteiger partial charge >= 0.3 is 0 Å². The van der Waals surface area contributed by atoms with Crippen LogP contribution in [0.25, 0.3) is 0 Å². The van der Waals surface area contributed by atoms with Gasteiger partial charge in [0, 0.05) is 19.0 Å². The van der Waals surface area contributed by atoms with Crippen LogP contribution in [0.3, 0.4) is 0 Å². The minimum atomic E-state index is -0.373. The Hall–Kier alpha value is -1.76. The Morgan fingerprint density at radius 2 is 2.33 bits per heavy atom. The third-order valence-corrected chi connectivity index (χ3v) is 1.77. The van der Waals surface area contributed by atoms with E-state index in [-0.39, 0.29) is 17.2 Å². The molecule has 0 saturated carbocycles. The molecule has 0 saturated heterocycles. The number of amides is 1. The van der Waals surface area contributed by atoms with Crippen LogP contribution in [-0.4, -0.2) is 27.6 Å². The lowest BCUT2D eigenvalue weighted by molar-refractivity contribution is 0.0948. The fraction of sp³-hybridized carbons (Fsp3) is 0.250. The lowest BCUT2D eigenvalue weighted by Gasteiger charge is -2.02. The van der Waals surface area contributed by atoms with E-state index in [4.69, 9.17) is 5.73 Å². The molecule has 0 spiro atoms. The Bertz CT molecular complexity index is 408. The van der Waals surface area contributed by atoms with Gasteiger partial charge in [0.15, 0.2) is 0 Å². The molecule has 1 heterocycles. The minimum Gasteiger partial charge on any atom is -0.393 e. The number of nitrogens with zero attached hydrogens (tertiary/aromatic N) is 1. The Kier molecular flexibility index (Phi) is 3.92. The first-order valence-electron chi connectivity index (χ1n) is 4.22. The Morgan fingerprint density at radius 1 is 1.60 bits per heavy atom. The Labute approximate surface area is 90.9 Å². The SMILES string of the molecule is NC(=S)CCNC(=O)c1ccc(=O)[nH]n1. The molecule has 1 aromatic heterocycles. The Morgan fingerprint density at radius 3 is 2.87 bits per heavy atom. The highest BCUT2D eigenvalue weighted by Gasteiger charge is 2.05. The maximum Gasteiger partial charge on any atom is 0.271 e. The summed E-state index contributed by atoms with van der Waals surface area (Å²) in [5.41, 5.74) is 5.05. The van der Waals surface area contributed by atoms with Gasteiger partial charge < -0.3 is 11.1 Å². The van der Waals surface area contributed by atoms with Gasteiger partial charge in [-0.05, 0) is 6.07 Å². The van der Waals surface area contributed by atoms with Crippen molar-refractivity contribution in [3.63, 3.8) is 0 Å². The first-order valence-corrected chi connectivity index (χ1v) is 4.62. The molecule has 0 aromatic carbocycles. The molecule has 7 heteroatoms. The van der Waals surface area contributed by atoms with E-state index < -0.39 is 0 Å². The van der Waals surface area contributed by atoms with Crippen molar-refractivity contribution in [2.24, 2.45) is 5.73 Å². The van der Waals surface area contributed by atoms with Gasteiger partial charge in [0.05, 0.1) is 4.99 Å². The number of H-pyrrole nitrogens is 1. The number of aromatic nitrogens is 2. The molecule has 0 atom stereocenters. The maximum atomic E-state index is 11.4. The second-order valence-corrected chi connectivity index (χ2v) is 3.30. The average molecular weight is 226 g/mol. The topological polar surface area (TPSA) is 101 Å². The molecule has 6 nitrogen and oxygen atoms in total. The minimum absolute atomic E-state index is 0.150. The van der Waals surface area contributed by atoms with Crippen LogP contribution in [0.1, 0.15) is 16.9 Å². The van der Waals surface area contributed by atoms with Crippen molar-refractivity contribution >= 4 is 23.1 Å². The smallest absolute Gasteiger partial charge is 0.271 e. The van der Waals surface area contributed by atoms with Crippen LogP contribution in [-0.2, 0) is 0 Å². The van der Waals surface area contributed by atoms with Gasteiger partial charge in [0.2, 0.25) is 0 Å². The van der Waals surface area contributed by atoms with Crippen molar-refractivity contribution in [2.75, 3.05) is 6.54 Å². The molecule has 0 unspecified atom stereocenters. The average Bonchev–Trinajstić information content (AvgIpc) is 2.18. The zero-order valence-electron chi connectivity index (χ0n) is 7.82. The number of rotatable bonds is 4.